The van der Waals surface area contributed by atoms with E-state index in [0.29, 0.717) is 30.8 Å². The number of aryl methyl sites for hydroxylation is 1. The minimum Gasteiger partial charge on any atom is -0.378 e. The number of carbonyl (C=O) groups excluding carboxylic acids is 1. The monoisotopic (exact) mass is 347 g/mol. The van der Waals surface area contributed by atoms with Crippen molar-refractivity contribution in [1.82, 2.24) is 15.5 Å². The van der Waals surface area contributed by atoms with E-state index in [0.717, 1.165) is 31.7 Å². The van der Waals surface area contributed by atoms with Gasteiger partial charge in [0.25, 0.3) is 0 Å². The van der Waals surface area contributed by atoms with Crippen LogP contribution >= 0.6 is 0 Å². The number of nitrogens with zero attached hydrogens (tertiary/aromatic N) is 2. The van der Waals surface area contributed by atoms with Crippen molar-refractivity contribution in [2.24, 2.45) is 5.41 Å². The van der Waals surface area contributed by atoms with Crippen LogP contribution in [0.15, 0.2) is 4.52 Å². The zero-order valence-corrected chi connectivity index (χ0v) is 15.1. The Kier molecular flexibility index (Phi) is 4.80. The molecule has 1 heterocycles. The molecule has 0 unspecified atom stereocenters. The van der Waals surface area contributed by atoms with Crippen LogP contribution in [-0.2, 0) is 16.0 Å². The lowest BCUT2D eigenvalue weighted by Crippen LogP contribution is -2.65. The van der Waals surface area contributed by atoms with E-state index in [-0.39, 0.29) is 17.4 Å². The lowest BCUT2D eigenvalue weighted by Gasteiger charge is -2.57. The van der Waals surface area contributed by atoms with Gasteiger partial charge in [-0.05, 0) is 39.0 Å². The highest BCUT2D eigenvalue weighted by Gasteiger charge is 2.56. The Hall–Kier alpha value is -1.43. The molecule has 0 aromatic carbocycles. The number of rotatable bonds is 7. The Balaban J connectivity index is 1.29. The molecule has 25 heavy (non-hydrogen) atoms. The molecule has 3 saturated carbocycles. The van der Waals surface area contributed by atoms with E-state index in [9.17, 15) is 4.79 Å². The van der Waals surface area contributed by atoms with Gasteiger partial charge in [0.1, 0.15) is 0 Å². The highest BCUT2D eigenvalue weighted by atomic mass is 16.5. The highest BCUT2D eigenvalue weighted by molar-refractivity contribution is 5.76. The number of hydrogen-bond donors (Lipinski definition) is 1. The minimum atomic E-state index is 0.0936. The first-order valence-electron chi connectivity index (χ1n) is 9.95. The van der Waals surface area contributed by atoms with Crippen LogP contribution in [0.25, 0.3) is 0 Å². The summed E-state index contributed by atoms with van der Waals surface area (Å²) in [6, 6.07) is 0.265. The highest BCUT2D eigenvalue weighted by Crippen LogP contribution is 2.53. The summed E-state index contributed by atoms with van der Waals surface area (Å²) < 4.78 is 11.2. The Labute approximate surface area is 149 Å². The van der Waals surface area contributed by atoms with Crippen molar-refractivity contribution in [1.29, 1.82) is 0 Å². The van der Waals surface area contributed by atoms with Crippen LogP contribution in [0.3, 0.4) is 0 Å². The summed E-state index contributed by atoms with van der Waals surface area (Å²) in [5.41, 5.74) is 0.174. The molecule has 1 aromatic rings. The van der Waals surface area contributed by atoms with Crippen LogP contribution in [0, 0.1) is 5.41 Å². The topological polar surface area (TPSA) is 77.2 Å². The van der Waals surface area contributed by atoms with Gasteiger partial charge in [0.15, 0.2) is 5.82 Å². The predicted molar refractivity (Wildman–Crippen MR) is 92.1 cm³/mol. The summed E-state index contributed by atoms with van der Waals surface area (Å²) in [6.07, 6.45) is 10.7. The van der Waals surface area contributed by atoms with Crippen LogP contribution in [0.1, 0.15) is 82.3 Å². The van der Waals surface area contributed by atoms with Crippen LogP contribution < -0.4 is 5.32 Å². The lowest BCUT2D eigenvalue weighted by molar-refractivity contribution is -0.157. The summed E-state index contributed by atoms with van der Waals surface area (Å²) in [7, 11) is 0. The van der Waals surface area contributed by atoms with Crippen molar-refractivity contribution < 1.29 is 14.1 Å². The molecule has 3 aliphatic rings. The third-order valence-corrected chi connectivity index (χ3v) is 6.26. The molecule has 0 aliphatic heterocycles. The molecule has 1 amide bonds. The molecule has 2 atom stereocenters. The summed E-state index contributed by atoms with van der Waals surface area (Å²) >= 11 is 0. The fourth-order valence-electron chi connectivity index (χ4n) is 4.63. The maximum absolute atomic E-state index is 12.4. The van der Waals surface area contributed by atoms with Crippen LogP contribution in [0.5, 0.6) is 0 Å². The van der Waals surface area contributed by atoms with Gasteiger partial charge in [-0.15, -0.1) is 0 Å². The maximum atomic E-state index is 12.4. The van der Waals surface area contributed by atoms with Crippen molar-refractivity contribution in [2.45, 2.75) is 89.2 Å². The SMILES string of the molecule is CCO[C@H]1C[C@@H](NC(=O)CCc2nc(C3CC3)no2)C12CCCCC2. The van der Waals surface area contributed by atoms with Crippen molar-refractivity contribution in [2.75, 3.05) is 6.61 Å². The van der Waals surface area contributed by atoms with E-state index in [4.69, 9.17) is 9.26 Å². The predicted octanol–water partition coefficient (Wildman–Crippen LogP) is 3.12. The molecule has 3 aliphatic carbocycles. The van der Waals surface area contributed by atoms with Crippen molar-refractivity contribution >= 4 is 5.91 Å². The molecule has 0 saturated heterocycles. The Morgan fingerprint density at radius 2 is 2.12 bits per heavy atom. The molecule has 1 aromatic heterocycles. The molecule has 1 spiro atoms. The molecule has 4 rings (SSSR count). The van der Waals surface area contributed by atoms with Crippen molar-refractivity contribution in [3.05, 3.63) is 11.7 Å². The quantitative estimate of drug-likeness (QED) is 0.820. The number of hydrogen-bond acceptors (Lipinski definition) is 5. The second-order valence-electron chi connectivity index (χ2n) is 7.91. The third-order valence-electron chi connectivity index (χ3n) is 6.26. The number of nitrogens with one attached hydrogen (secondary N) is 1. The molecule has 0 bridgehead atoms. The molecule has 3 fully saturated rings. The summed E-state index contributed by atoms with van der Waals surface area (Å²) in [6.45, 7) is 2.82. The number of carbonyl (C=O) groups is 1. The molecule has 138 valence electrons. The number of amides is 1. The van der Waals surface area contributed by atoms with Gasteiger partial charge in [-0.1, -0.05) is 24.4 Å². The Morgan fingerprint density at radius 1 is 1.32 bits per heavy atom. The van der Waals surface area contributed by atoms with Crippen LogP contribution in [-0.4, -0.2) is 34.8 Å². The van der Waals surface area contributed by atoms with Gasteiger partial charge in [0.05, 0.1) is 6.10 Å². The van der Waals surface area contributed by atoms with Gasteiger partial charge in [-0.3, -0.25) is 4.79 Å². The van der Waals surface area contributed by atoms with Crippen LogP contribution in [0.2, 0.25) is 0 Å². The summed E-state index contributed by atoms with van der Waals surface area (Å²) in [4.78, 5) is 16.8. The molecule has 0 radical (unpaired) electrons. The first kappa shape index (κ1) is 17.0. The second-order valence-corrected chi connectivity index (χ2v) is 7.91. The van der Waals surface area contributed by atoms with Crippen molar-refractivity contribution in [3.8, 4) is 0 Å². The van der Waals surface area contributed by atoms with Gasteiger partial charge >= 0.3 is 0 Å². The molecule has 6 nitrogen and oxygen atoms in total. The van der Waals surface area contributed by atoms with E-state index in [2.05, 4.69) is 22.4 Å². The molecular weight excluding hydrogens is 318 g/mol. The summed E-state index contributed by atoms with van der Waals surface area (Å²) in [5.74, 6) is 1.99. The van der Waals surface area contributed by atoms with Crippen LogP contribution in [0.4, 0.5) is 0 Å². The molecule has 6 heteroatoms. The van der Waals surface area contributed by atoms with Gasteiger partial charge in [0, 0.05) is 36.8 Å². The maximum Gasteiger partial charge on any atom is 0.227 e. The Bertz CT molecular complexity index is 605. The average molecular weight is 347 g/mol. The first-order valence-corrected chi connectivity index (χ1v) is 9.95. The zero-order valence-electron chi connectivity index (χ0n) is 15.1. The van der Waals surface area contributed by atoms with E-state index in [1.165, 1.54) is 32.1 Å². The van der Waals surface area contributed by atoms with Gasteiger partial charge in [0.2, 0.25) is 11.8 Å². The van der Waals surface area contributed by atoms with Gasteiger partial charge in [-0.25, -0.2) is 0 Å². The normalized spacial score (nSPS) is 27.9. The minimum absolute atomic E-state index is 0.0936. The van der Waals surface area contributed by atoms with E-state index < -0.39 is 0 Å². The zero-order chi connectivity index (χ0) is 17.3. The third kappa shape index (κ3) is 3.46. The fraction of sp³-hybridized carbons (Fsp3) is 0.842. The fourth-order valence-corrected chi connectivity index (χ4v) is 4.63. The molecule has 1 N–H and O–H groups in total. The largest absolute Gasteiger partial charge is 0.378 e. The first-order chi connectivity index (χ1) is 12.2. The Morgan fingerprint density at radius 3 is 2.84 bits per heavy atom. The van der Waals surface area contributed by atoms with E-state index in [1.807, 2.05) is 0 Å². The molecular formula is C19H29N3O3. The van der Waals surface area contributed by atoms with E-state index in [1.54, 1.807) is 0 Å². The van der Waals surface area contributed by atoms with E-state index >= 15 is 0 Å². The standard InChI is InChI=1S/C19H29N3O3/c1-2-24-15-12-14(19(15)10-4-3-5-11-19)20-16(23)8-9-17-21-18(22-25-17)13-6-7-13/h13-15H,2-12H2,1H3,(H,20,23)/t14-,15+/m1/s1. The van der Waals surface area contributed by atoms with Gasteiger partial charge in [-0.2, -0.15) is 4.98 Å². The number of aromatic nitrogens is 2. The summed E-state index contributed by atoms with van der Waals surface area (Å²) in [5, 5.41) is 7.28. The van der Waals surface area contributed by atoms with Gasteiger partial charge < -0.3 is 14.6 Å². The average Bonchev–Trinajstić information content (AvgIpc) is 3.38. The lowest BCUT2D eigenvalue weighted by atomic mass is 9.55. The second kappa shape index (κ2) is 7.06. The number of ether oxygens (including phenoxy) is 1. The van der Waals surface area contributed by atoms with Crippen molar-refractivity contribution in [3.63, 3.8) is 0 Å². The smallest absolute Gasteiger partial charge is 0.227 e.